The van der Waals surface area contributed by atoms with Gasteiger partial charge in [-0.3, -0.25) is 9.78 Å². The molecule has 96 valence electrons. The van der Waals surface area contributed by atoms with Gasteiger partial charge in [0.1, 0.15) is 5.75 Å². The van der Waals surface area contributed by atoms with Crippen molar-refractivity contribution in [3.8, 4) is 5.75 Å². The van der Waals surface area contributed by atoms with Gasteiger partial charge in [-0.25, -0.2) is 0 Å². The lowest BCUT2D eigenvalue weighted by Crippen LogP contribution is -2.07. The van der Waals surface area contributed by atoms with Crippen LogP contribution < -0.4 is 16.0 Å². The molecule has 3 aromatic rings. The van der Waals surface area contributed by atoms with Crippen LogP contribution in [0, 0.1) is 0 Å². The number of aromatic nitrogens is 2. The van der Waals surface area contributed by atoms with E-state index in [0.29, 0.717) is 12.0 Å². The summed E-state index contributed by atoms with van der Waals surface area (Å²) in [6, 6.07) is 5.61. The Morgan fingerprint density at radius 3 is 3.00 bits per heavy atom. The van der Waals surface area contributed by atoms with Crippen LogP contribution in [0.4, 0.5) is 5.13 Å². The Morgan fingerprint density at radius 1 is 1.37 bits per heavy atom. The zero-order valence-corrected chi connectivity index (χ0v) is 11.0. The third kappa shape index (κ3) is 2.00. The minimum atomic E-state index is -0.338. The van der Waals surface area contributed by atoms with Gasteiger partial charge in [0, 0.05) is 17.6 Å². The molecule has 0 aliphatic rings. The topological polar surface area (TPSA) is 78.1 Å². The predicted octanol–water partition coefficient (Wildman–Crippen LogP) is 2.19. The molecule has 1 aromatic carbocycles. The molecule has 19 heavy (non-hydrogen) atoms. The monoisotopic (exact) mass is 273 g/mol. The molecule has 6 heteroatoms. The summed E-state index contributed by atoms with van der Waals surface area (Å²) in [6.45, 7) is 2.53. The third-order valence-electron chi connectivity index (χ3n) is 2.75. The van der Waals surface area contributed by atoms with Crippen molar-refractivity contribution < 1.29 is 4.74 Å². The maximum atomic E-state index is 11.8. The second-order valence-electron chi connectivity index (χ2n) is 3.97. The molecular weight excluding hydrogens is 262 g/mol. The molecule has 0 saturated carbocycles. The average Bonchev–Trinajstić information content (AvgIpc) is 2.38. The van der Waals surface area contributed by atoms with Crippen molar-refractivity contribution in [2.75, 3.05) is 12.3 Å². The molecule has 0 bridgehead atoms. The molecule has 0 saturated heterocycles. The molecule has 3 rings (SSSR count). The van der Waals surface area contributed by atoms with Gasteiger partial charge in [0.25, 0.3) is 5.56 Å². The van der Waals surface area contributed by atoms with Gasteiger partial charge in [-0.2, -0.15) is 4.98 Å². The lowest BCUT2D eigenvalue weighted by molar-refractivity contribution is 0.340. The standard InChI is InChI=1S/C13H11N3O2S/c1-2-18-7-3-4-8-10(5-7)15-6-9-11(8)19-13(14)16-12(9)17/h3-6H,2H2,1H3,(H2,14,16,17). The number of rotatable bonds is 2. The van der Waals surface area contributed by atoms with Crippen molar-refractivity contribution in [2.45, 2.75) is 6.92 Å². The van der Waals surface area contributed by atoms with E-state index in [1.807, 2.05) is 25.1 Å². The summed E-state index contributed by atoms with van der Waals surface area (Å²) >= 11 is 1.29. The lowest BCUT2D eigenvalue weighted by Gasteiger charge is -2.06. The Morgan fingerprint density at radius 2 is 2.21 bits per heavy atom. The molecule has 0 amide bonds. The van der Waals surface area contributed by atoms with Crippen molar-refractivity contribution >= 4 is 37.5 Å². The second-order valence-corrected chi connectivity index (χ2v) is 5.00. The number of fused-ring (bicyclic) bond motifs is 3. The van der Waals surface area contributed by atoms with E-state index in [1.165, 1.54) is 11.3 Å². The number of hydrogen-bond donors (Lipinski definition) is 1. The summed E-state index contributed by atoms with van der Waals surface area (Å²) in [6.07, 6.45) is 1.54. The van der Waals surface area contributed by atoms with Crippen molar-refractivity contribution in [3.05, 3.63) is 34.7 Å². The van der Waals surface area contributed by atoms with Gasteiger partial charge >= 0.3 is 0 Å². The summed E-state index contributed by atoms with van der Waals surface area (Å²) < 4.78 is 6.25. The van der Waals surface area contributed by atoms with Crippen LogP contribution in [0.2, 0.25) is 0 Å². The van der Waals surface area contributed by atoms with Crippen molar-refractivity contribution in [2.24, 2.45) is 0 Å². The lowest BCUT2D eigenvalue weighted by atomic mass is 10.2. The molecule has 0 aliphatic heterocycles. The summed E-state index contributed by atoms with van der Waals surface area (Å²) in [7, 11) is 0. The number of anilines is 1. The number of pyridine rings is 1. The van der Waals surface area contributed by atoms with Crippen LogP contribution in [-0.4, -0.2) is 16.6 Å². The zero-order chi connectivity index (χ0) is 13.4. The van der Waals surface area contributed by atoms with E-state index in [4.69, 9.17) is 10.5 Å². The van der Waals surface area contributed by atoms with Crippen LogP contribution in [0.5, 0.6) is 5.75 Å². The van der Waals surface area contributed by atoms with E-state index in [0.717, 1.165) is 21.4 Å². The predicted molar refractivity (Wildman–Crippen MR) is 76.8 cm³/mol. The Balaban J connectivity index is 2.37. The third-order valence-corrected chi connectivity index (χ3v) is 3.70. The Labute approximate surface area is 112 Å². The summed E-state index contributed by atoms with van der Waals surface area (Å²) in [4.78, 5) is 19.8. The molecule has 0 spiro atoms. The normalized spacial score (nSPS) is 11.0. The molecule has 2 heterocycles. The van der Waals surface area contributed by atoms with Crippen LogP contribution >= 0.6 is 11.3 Å². The zero-order valence-electron chi connectivity index (χ0n) is 10.2. The van der Waals surface area contributed by atoms with Gasteiger partial charge in [-0.05, 0) is 19.1 Å². The van der Waals surface area contributed by atoms with Crippen LogP contribution in [-0.2, 0) is 0 Å². The summed E-state index contributed by atoms with van der Waals surface area (Å²) in [5.41, 5.74) is 6.09. The number of nitrogen functional groups attached to an aromatic ring is 1. The highest BCUT2D eigenvalue weighted by Gasteiger charge is 2.08. The smallest absolute Gasteiger partial charge is 0.282 e. The van der Waals surface area contributed by atoms with Gasteiger partial charge < -0.3 is 10.5 Å². The average molecular weight is 273 g/mol. The largest absolute Gasteiger partial charge is 0.494 e. The molecular formula is C13H11N3O2S. The van der Waals surface area contributed by atoms with E-state index in [1.54, 1.807) is 6.20 Å². The highest BCUT2D eigenvalue weighted by molar-refractivity contribution is 7.22. The fourth-order valence-electron chi connectivity index (χ4n) is 1.95. The fourth-order valence-corrected chi connectivity index (χ4v) is 2.82. The van der Waals surface area contributed by atoms with Crippen LogP contribution in [0.1, 0.15) is 6.92 Å². The van der Waals surface area contributed by atoms with Gasteiger partial charge in [-0.1, -0.05) is 11.3 Å². The van der Waals surface area contributed by atoms with Gasteiger partial charge in [-0.15, -0.1) is 0 Å². The molecule has 2 aromatic heterocycles. The fraction of sp³-hybridized carbons (Fsp3) is 0.154. The van der Waals surface area contributed by atoms with E-state index < -0.39 is 0 Å². The summed E-state index contributed by atoms with van der Waals surface area (Å²) in [5, 5.41) is 1.65. The quantitative estimate of drug-likeness (QED) is 0.724. The van der Waals surface area contributed by atoms with Gasteiger partial charge in [0.05, 0.1) is 22.2 Å². The van der Waals surface area contributed by atoms with Crippen LogP contribution in [0.25, 0.3) is 21.0 Å². The molecule has 0 radical (unpaired) electrons. The first kappa shape index (κ1) is 11.9. The minimum absolute atomic E-state index is 0.263. The molecule has 0 unspecified atom stereocenters. The minimum Gasteiger partial charge on any atom is -0.494 e. The van der Waals surface area contributed by atoms with Crippen molar-refractivity contribution in [3.63, 3.8) is 0 Å². The van der Waals surface area contributed by atoms with Gasteiger partial charge in [0.15, 0.2) is 5.13 Å². The van der Waals surface area contributed by atoms with Crippen LogP contribution in [0.15, 0.2) is 29.2 Å². The maximum Gasteiger partial charge on any atom is 0.282 e. The molecule has 0 atom stereocenters. The van der Waals surface area contributed by atoms with E-state index in [-0.39, 0.29) is 10.7 Å². The molecule has 0 aliphatic carbocycles. The Bertz CT molecular complexity index is 829. The van der Waals surface area contributed by atoms with E-state index in [9.17, 15) is 4.79 Å². The maximum absolute atomic E-state index is 11.8. The number of ether oxygens (including phenoxy) is 1. The Hall–Kier alpha value is -2.21. The number of hydrogen-bond acceptors (Lipinski definition) is 6. The van der Waals surface area contributed by atoms with Crippen LogP contribution in [0.3, 0.4) is 0 Å². The SMILES string of the molecule is CCOc1ccc2c(c1)ncc1c(=O)nc(N)sc12. The number of nitrogens with zero attached hydrogens (tertiary/aromatic N) is 2. The van der Waals surface area contributed by atoms with E-state index in [2.05, 4.69) is 9.97 Å². The van der Waals surface area contributed by atoms with E-state index >= 15 is 0 Å². The van der Waals surface area contributed by atoms with Crippen molar-refractivity contribution in [1.29, 1.82) is 0 Å². The second kappa shape index (κ2) is 4.47. The molecule has 0 fully saturated rings. The highest BCUT2D eigenvalue weighted by Crippen LogP contribution is 2.29. The number of benzene rings is 1. The first-order valence-corrected chi connectivity index (χ1v) is 6.62. The number of nitrogens with two attached hydrogens (primary N) is 1. The highest BCUT2D eigenvalue weighted by atomic mass is 32.1. The van der Waals surface area contributed by atoms with Gasteiger partial charge in [0.2, 0.25) is 0 Å². The molecule has 5 nitrogen and oxygen atoms in total. The molecule has 2 N–H and O–H groups in total. The summed E-state index contributed by atoms with van der Waals surface area (Å²) in [5.74, 6) is 0.760. The first-order valence-electron chi connectivity index (χ1n) is 5.81. The van der Waals surface area contributed by atoms with Crippen molar-refractivity contribution in [1.82, 2.24) is 9.97 Å². The first-order chi connectivity index (χ1) is 9.19. The Kier molecular flexibility index (Phi) is 2.79.